The molecule has 0 spiro atoms. The highest BCUT2D eigenvalue weighted by Gasteiger charge is 2.27. The molecule has 0 N–H and O–H groups in total. The molecule has 1 aliphatic carbocycles. The molecule has 0 aliphatic heterocycles. The predicted molar refractivity (Wildman–Crippen MR) is 112 cm³/mol. The molecule has 0 amide bonds. The largest absolute Gasteiger partial charge is 0.459 e. The van der Waals surface area contributed by atoms with Crippen LogP contribution in [0.5, 0.6) is 11.5 Å². The molecular formula is C24H24O8. The van der Waals surface area contributed by atoms with Crippen molar-refractivity contribution in [2.75, 3.05) is 0 Å². The molecule has 32 heavy (non-hydrogen) atoms. The average Bonchev–Trinajstić information content (AvgIpc) is 2.75. The topological polar surface area (TPSA) is 105 Å². The molecule has 0 heterocycles. The van der Waals surface area contributed by atoms with E-state index in [1.54, 1.807) is 24.3 Å². The molecule has 0 radical (unpaired) electrons. The van der Waals surface area contributed by atoms with Gasteiger partial charge in [-0.1, -0.05) is 0 Å². The van der Waals surface area contributed by atoms with E-state index in [0.717, 1.165) is 0 Å². The molecule has 0 bridgehead atoms. The fourth-order valence-corrected chi connectivity index (χ4v) is 3.36. The second-order valence-electron chi connectivity index (χ2n) is 7.45. The summed E-state index contributed by atoms with van der Waals surface area (Å²) in [5, 5.41) is 0. The van der Waals surface area contributed by atoms with E-state index < -0.39 is 23.9 Å². The van der Waals surface area contributed by atoms with Crippen LogP contribution in [-0.2, 0) is 19.1 Å². The van der Waals surface area contributed by atoms with Gasteiger partial charge in [-0.05, 0) is 74.2 Å². The first kappa shape index (κ1) is 23.0. The average molecular weight is 440 g/mol. The maximum atomic E-state index is 12.3. The van der Waals surface area contributed by atoms with Crippen LogP contribution in [0.1, 0.15) is 60.2 Å². The van der Waals surface area contributed by atoms with Gasteiger partial charge in [0.15, 0.2) is 0 Å². The summed E-state index contributed by atoms with van der Waals surface area (Å²) in [6, 6.07) is 12.3. The molecule has 3 rings (SSSR count). The molecule has 0 unspecified atom stereocenters. The quantitative estimate of drug-likeness (QED) is 0.493. The first-order valence-corrected chi connectivity index (χ1v) is 10.3. The maximum Gasteiger partial charge on any atom is 0.338 e. The van der Waals surface area contributed by atoms with Gasteiger partial charge in [-0.3, -0.25) is 9.59 Å². The summed E-state index contributed by atoms with van der Waals surface area (Å²) in [5.74, 6) is -1.05. The maximum absolute atomic E-state index is 12.3. The lowest BCUT2D eigenvalue weighted by atomic mass is 9.95. The summed E-state index contributed by atoms with van der Waals surface area (Å²) in [6.45, 7) is 2.61. The first-order chi connectivity index (χ1) is 15.3. The SMILES string of the molecule is CC(=O)Oc1ccc(C(=O)OC2CCC(OC(=O)c3ccc(OC(C)=O)cc3)CC2)cc1. The third kappa shape index (κ3) is 6.66. The van der Waals surface area contributed by atoms with Crippen molar-refractivity contribution in [3.63, 3.8) is 0 Å². The van der Waals surface area contributed by atoms with Crippen molar-refractivity contribution in [3.8, 4) is 11.5 Å². The van der Waals surface area contributed by atoms with Crippen molar-refractivity contribution < 1.29 is 38.1 Å². The van der Waals surface area contributed by atoms with Gasteiger partial charge >= 0.3 is 23.9 Å². The monoisotopic (exact) mass is 440 g/mol. The van der Waals surface area contributed by atoms with Gasteiger partial charge in [0, 0.05) is 13.8 Å². The van der Waals surface area contributed by atoms with Crippen molar-refractivity contribution in [1.82, 2.24) is 0 Å². The summed E-state index contributed by atoms with van der Waals surface area (Å²) in [4.78, 5) is 46.6. The molecule has 1 saturated carbocycles. The van der Waals surface area contributed by atoms with Crippen LogP contribution >= 0.6 is 0 Å². The minimum Gasteiger partial charge on any atom is -0.459 e. The van der Waals surface area contributed by atoms with Crippen molar-refractivity contribution in [2.45, 2.75) is 51.7 Å². The lowest BCUT2D eigenvalue weighted by molar-refractivity contribution is -0.132. The van der Waals surface area contributed by atoms with Gasteiger partial charge in [0.2, 0.25) is 0 Å². The summed E-state index contributed by atoms with van der Waals surface area (Å²) in [7, 11) is 0. The van der Waals surface area contributed by atoms with Crippen LogP contribution in [0.3, 0.4) is 0 Å². The minimum absolute atomic E-state index is 0.256. The Labute approximate surface area is 185 Å². The standard InChI is InChI=1S/C24H24O8/c1-15(25)29-19-7-3-17(4-8-19)23(27)31-21-11-13-22(14-12-21)32-24(28)18-5-9-20(10-6-18)30-16(2)26/h3-10,21-22H,11-14H2,1-2H3. The van der Waals surface area contributed by atoms with Crippen LogP contribution in [0.2, 0.25) is 0 Å². The third-order valence-corrected chi connectivity index (χ3v) is 4.87. The fourth-order valence-electron chi connectivity index (χ4n) is 3.36. The molecule has 0 aromatic heterocycles. The van der Waals surface area contributed by atoms with Gasteiger partial charge in [0.25, 0.3) is 0 Å². The molecule has 1 aliphatic rings. The van der Waals surface area contributed by atoms with Crippen molar-refractivity contribution >= 4 is 23.9 Å². The summed E-state index contributed by atoms with van der Waals surface area (Å²) in [5.41, 5.74) is 0.735. The Kier molecular flexibility index (Phi) is 7.59. The van der Waals surface area contributed by atoms with Crippen LogP contribution in [0.15, 0.2) is 48.5 Å². The Balaban J connectivity index is 1.44. The van der Waals surface area contributed by atoms with E-state index in [9.17, 15) is 19.2 Å². The van der Waals surface area contributed by atoms with Crippen LogP contribution in [0, 0.1) is 0 Å². The van der Waals surface area contributed by atoms with Gasteiger partial charge in [0.05, 0.1) is 11.1 Å². The van der Waals surface area contributed by atoms with E-state index in [2.05, 4.69) is 0 Å². The number of esters is 4. The van der Waals surface area contributed by atoms with E-state index in [1.807, 2.05) is 0 Å². The number of hydrogen-bond acceptors (Lipinski definition) is 8. The van der Waals surface area contributed by atoms with Crippen LogP contribution in [0.4, 0.5) is 0 Å². The van der Waals surface area contributed by atoms with Gasteiger partial charge in [-0.15, -0.1) is 0 Å². The van der Waals surface area contributed by atoms with Gasteiger partial charge in [0.1, 0.15) is 23.7 Å². The zero-order chi connectivity index (χ0) is 23.1. The Bertz CT molecular complexity index is 889. The van der Waals surface area contributed by atoms with Crippen LogP contribution < -0.4 is 9.47 Å². The Morgan fingerprint density at radius 3 is 1.19 bits per heavy atom. The molecule has 2 aromatic rings. The third-order valence-electron chi connectivity index (χ3n) is 4.87. The smallest absolute Gasteiger partial charge is 0.338 e. The highest BCUT2D eigenvalue weighted by atomic mass is 16.6. The molecule has 8 nitrogen and oxygen atoms in total. The Morgan fingerprint density at radius 1 is 0.594 bits per heavy atom. The van der Waals surface area contributed by atoms with E-state index in [1.165, 1.54) is 38.1 Å². The molecule has 8 heteroatoms. The van der Waals surface area contributed by atoms with Crippen LogP contribution in [-0.4, -0.2) is 36.1 Å². The second kappa shape index (κ2) is 10.6. The number of rotatable bonds is 6. The lowest BCUT2D eigenvalue weighted by Crippen LogP contribution is -2.29. The zero-order valence-corrected chi connectivity index (χ0v) is 17.9. The van der Waals surface area contributed by atoms with Gasteiger partial charge in [-0.2, -0.15) is 0 Å². The minimum atomic E-state index is -0.451. The van der Waals surface area contributed by atoms with Gasteiger partial charge < -0.3 is 18.9 Å². The number of ether oxygens (including phenoxy) is 4. The molecule has 0 saturated heterocycles. The molecule has 168 valence electrons. The number of carbonyl (C=O) groups is 4. The predicted octanol–water partition coefficient (Wildman–Crippen LogP) is 3.86. The Morgan fingerprint density at radius 2 is 0.906 bits per heavy atom. The van der Waals surface area contributed by atoms with Crippen molar-refractivity contribution in [2.24, 2.45) is 0 Å². The van der Waals surface area contributed by atoms with E-state index in [4.69, 9.17) is 18.9 Å². The highest BCUT2D eigenvalue weighted by molar-refractivity contribution is 5.90. The number of benzene rings is 2. The molecular weight excluding hydrogens is 416 g/mol. The normalized spacial score (nSPS) is 17.7. The fraction of sp³-hybridized carbons (Fsp3) is 0.333. The van der Waals surface area contributed by atoms with E-state index in [0.29, 0.717) is 48.3 Å². The van der Waals surface area contributed by atoms with E-state index >= 15 is 0 Å². The zero-order valence-electron chi connectivity index (χ0n) is 17.9. The summed E-state index contributed by atoms with van der Waals surface area (Å²) < 4.78 is 21.0. The summed E-state index contributed by atoms with van der Waals surface area (Å²) >= 11 is 0. The number of carbonyl (C=O) groups excluding carboxylic acids is 4. The van der Waals surface area contributed by atoms with Crippen molar-refractivity contribution in [3.05, 3.63) is 59.7 Å². The molecule has 0 atom stereocenters. The molecule has 1 fully saturated rings. The molecule has 2 aromatic carbocycles. The van der Waals surface area contributed by atoms with Crippen molar-refractivity contribution in [1.29, 1.82) is 0 Å². The van der Waals surface area contributed by atoms with Gasteiger partial charge in [-0.25, -0.2) is 9.59 Å². The lowest BCUT2D eigenvalue weighted by Gasteiger charge is -2.28. The van der Waals surface area contributed by atoms with Crippen LogP contribution in [0.25, 0.3) is 0 Å². The highest BCUT2D eigenvalue weighted by Crippen LogP contribution is 2.26. The first-order valence-electron chi connectivity index (χ1n) is 10.3. The summed E-state index contributed by atoms with van der Waals surface area (Å²) in [6.07, 6.45) is 1.82. The Hall–Kier alpha value is -3.68. The number of hydrogen-bond donors (Lipinski definition) is 0. The van der Waals surface area contributed by atoms with E-state index in [-0.39, 0.29) is 12.2 Å². The second-order valence-corrected chi connectivity index (χ2v) is 7.45.